The molecule has 0 aliphatic carbocycles. The van der Waals surface area contributed by atoms with Crippen LogP contribution in [0.1, 0.15) is 22.0 Å². The summed E-state index contributed by atoms with van der Waals surface area (Å²) in [5, 5.41) is 3.29. The molecule has 2 rings (SSSR count). The van der Waals surface area contributed by atoms with Gasteiger partial charge in [-0.3, -0.25) is 4.98 Å². The molecule has 5 heteroatoms. The number of nitrogens with zero attached hydrogens (tertiary/aromatic N) is 3. The van der Waals surface area contributed by atoms with E-state index in [2.05, 4.69) is 20.3 Å². The van der Waals surface area contributed by atoms with E-state index in [4.69, 9.17) is 0 Å². The minimum atomic E-state index is 0.759. The van der Waals surface area contributed by atoms with Gasteiger partial charge in [0.1, 0.15) is 5.82 Å². The van der Waals surface area contributed by atoms with Crippen LogP contribution in [0.2, 0.25) is 0 Å². The Labute approximate surface area is 98.8 Å². The predicted molar refractivity (Wildman–Crippen MR) is 65.7 cm³/mol. The van der Waals surface area contributed by atoms with Gasteiger partial charge in [0.25, 0.3) is 0 Å². The lowest BCUT2D eigenvalue weighted by Gasteiger charge is -2.07. The monoisotopic (exact) mass is 234 g/mol. The van der Waals surface area contributed by atoms with E-state index in [1.165, 1.54) is 4.88 Å². The maximum absolute atomic E-state index is 4.41. The van der Waals surface area contributed by atoms with E-state index in [0.29, 0.717) is 0 Å². The average Bonchev–Trinajstić information content (AvgIpc) is 2.66. The van der Waals surface area contributed by atoms with Crippen LogP contribution in [0.3, 0.4) is 0 Å². The number of hydrogen-bond acceptors (Lipinski definition) is 5. The van der Waals surface area contributed by atoms with Gasteiger partial charge in [-0.25, -0.2) is 9.97 Å². The van der Waals surface area contributed by atoms with Gasteiger partial charge in [-0.05, 0) is 20.8 Å². The van der Waals surface area contributed by atoms with E-state index in [0.717, 1.165) is 29.4 Å². The van der Waals surface area contributed by atoms with Gasteiger partial charge in [0, 0.05) is 11.1 Å². The second kappa shape index (κ2) is 4.57. The van der Waals surface area contributed by atoms with E-state index in [1.807, 2.05) is 26.3 Å². The van der Waals surface area contributed by atoms with Crippen molar-refractivity contribution in [2.24, 2.45) is 0 Å². The summed E-state index contributed by atoms with van der Waals surface area (Å²) in [6, 6.07) is 0. The minimum Gasteiger partial charge on any atom is -0.364 e. The Bertz CT molecular complexity index is 492. The lowest BCUT2D eigenvalue weighted by atomic mass is 10.3. The van der Waals surface area contributed by atoms with Crippen molar-refractivity contribution in [3.63, 3.8) is 0 Å². The highest BCUT2D eigenvalue weighted by Crippen LogP contribution is 2.15. The Morgan fingerprint density at radius 1 is 1.19 bits per heavy atom. The van der Waals surface area contributed by atoms with E-state index in [9.17, 15) is 0 Å². The molecule has 2 aromatic rings. The third kappa shape index (κ3) is 2.36. The molecule has 4 nitrogen and oxygen atoms in total. The molecule has 2 heterocycles. The van der Waals surface area contributed by atoms with Crippen molar-refractivity contribution in [1.29, 1.82) is 0 Å². The Kier molecular flexibility index (Phi) is 3.14. The standard InChI is InChI=1S/C11H14N4S/c1-7-4-12-9(3)11(15-7)13-5-10-8(2)14-6-16-10/h4,6H,5H2,1-3H3,(H,13,15). The summed E-state index contributed by atoms with van der Waals surface area (Å²) in [4.78, 5) is 14.1. The number of hydrogen-bond donors (Lipinski definition) is 1. The second-order valence-electron chi connectivity index (χ2n) is 3.66. The summed E-state index contributed by atoms with van der Waals surface area (Å²) in [5.41, 5.74) is 4.79. The zero-order chi connectivity index (χ0) is 11.5. The molecule has 0 radical (unpaired) electrons. The molecule has 0 saturated heterocycles. The van der Waals surface area contributed by atoms with Crippen molar-refractivity contribution in [3.05, 3.63) is 33.7 Å². The van der Waals surface area contributed by atoms with Crippen molar-refractivity contribution in [2.45, 2.75) is 27.3 Å². The topological polar surface area (TPSA) is 50.7 Å². The minimum absolute atomic E-state index is 0.759. The van der Waals surface area contributed by atoms with Gasteiger partial charge in [0.05, 0.1) is 29.1 Å². The van der Waals surface area contributed by atoms with Crippen LogP contribution in [0.25, 0.3) is 0 Å². The molecule has 0 aliphatic heterocycles. The van der Waals surface area contributed by atoms with Crippen molar-refractivity contribution in [1.82, 2.24) is 15.0 Å². The second-order valence-corrected chi connectivity index (χ2v) is 4.60. The smallest absolute Gasteiger partial charge is 0.148 e. The zero-order valence-corrected chi connectivity index (χ0v) is 10.4. The van der Waals surface area contributed by atoms with E-state index in [-0.39, 0.29) is 0 Å². The van der Waals surface area contributed by atoms with Crippen LogP contribution in [0.4, 0.5) is 5.82 Å². The fourth-order valence-corrected chi connectivity index (χ4v) is 2.08. The first kappa shape index (κ1) is 11.0. The molecule has 0 bridgehead atoms. The van der Waals surface area contributed by atoms with Crippen molar-refractivity contribution in [2.75, 3.05) is 5.32 Å². The molecule has 0 aliphatic rings. The zero-order valence-electron chi connectivity index (χ0n) is 9.61. The number of thiazole rings is 1. The van der Waals surface area contributed by atoms with Crippen molar-refractivity contribution >= 4 is 17.2 Å². The average molecular weight is 234 g/mol. The molecule has 0 aromatic carbocycles. The predicted octanol–water partition coefficient (Wildman–Crippen LogP) is 2.47. The Morgan fingerprint density at radius 2 is 2.00 bits per heavy atom. The molecule has 84 valence electrons. The van der Waals surface area contributed by atoms with Crippen LogP contribution < -0.4 is 5.32 Å². The summed E-state index contributed by atoms with van der Waals surface area (Å²) in [6.45, 7) is 6.67. The molecule has 0 spiro atoms. The maximum Gasteiger partial charge on any atom is 0.148 e. The molecule has 0 unspecified atom stereocenters. The molecule has 0 amide bonds. The first-order chi connectivity index (χ1) is 7.66. The van der Waals surface area contributed by atoms with Gasteiger partial charge in [-0.15, -0.1) is 11.3 Å². The molecule has 2 aromatic heterocycles. The summed E-state index contributed by atoms with van der Waals surface area (Å²) >= 11 is 1.66. The largest absolute Gasteiger partial charge is 0.364 e. The first-order valence-corrected chi connectivity index (χ1v) is 5.98. The lowest BCUT2D eigenvalue weighted by Crippen LogP contribution is -2.05. The molecule has 0 atom stereocenters. The van der Waals surface area contributed by atoms with Gasteiger partial charge >= 0.3 is 0 Å². The summed E-state index contributed by atoms with van der Waals surface area (Å²) < 4.78 is 0. The van der Waals surface area contributed by atoms with Crippen LogP contribution in [0.15, 0.2) is 11.7 Å². The maximum atomic E-state index is 4.41. The van der Waals surface area contributed by atoms with E-state index >= 15 is 0 Å². The summed E-state index contributed by atoms with van der Waals surface area (Å²) in [7, 11) is 0. The third-order valence-corrected chi connectivity index (χ3v) is 3.27. The Hall–Kier alpha value is -1.49. The molecular weight excluding hydrogens is 220 g/mol. The van der Waals surface area contributed by atoms with Gasteiger partial charge in [-0.2, -0.15) is 0 Å². The molecule has 1 N–H and O–H groups in total. The summed E-state index contributed by atoms with van der Waals surface area (Å²) in [6.07, 6.45) is 1.78. The summed E-state index contributed by atoms with van der Waals surface area (Å²) in [5.74, 6) is 0.854. The lowest BCUT2D eigenvalue weighted by molar-refractivity contribution is 1.02. The van der Waals surface area contributed by atoms with Gasteiger partial charge in [-0.1, -0.05) is 0 Å². The van der Waals surface area contributed by atoms with Crippen molar-refractivity contribution < 1.29 is 0 Å². The van der Waals surface area contributed by atoms with Crippen molar-refractivity contribution in [3.8, 4) is 0 Å². The quantitative estimate of drug-likeness (QED) is 0.886. The number of aromatic nitrogens is 3. The van der Waals surface area contributed by atoms with E-state index < -0.39 is 0 Å². The highest BCUT2D eigenvalue weighted by molar-refractivity contribution is 7.09. The SMILES string of the molecule is Cc1cnc(C)c(NCc2scnc2C)n1. The van der Waals surface area contributed by atoms with Gasteiger partial charge < -0.3 is 5.32 Å². The Balaban J connectivity index is 2.10. The fourth-order valence-electron chi connectivity index (χ4n) is 1.36. The normalized spacial score (nSPS) is 10.4. The van der Waals surface area contributed by atoms with Crippen LogP contribution in [0.5, 0.6) is 0 Å². The number of rotatable bonds is 3. The fraction of sp³-hybridized carbons (Fsp3) is 0.364. The number of nitrogens with one attached hydrogen (secondary N) is 1. The molecule has 0 fully saturated rings. The molecule has 0 saturated carbocycles. The van der Waals surface area contributed by atoms with Crippen LogP contribution in [0, 0.1) is 20.8 Å². The number of aryl methyl sites for hydroxylation is 3. The highest BCUT2D eigenvalue weighted by atomic mass is 32.1. The number of anilines is 1. The third-order valence-electron chi connectivity index (χ3n) is 2.34. The highest BCUT2D eigenvalue weighted by Gasteiger charge is 2.04. The van der Waals surface area contributed by atoms with Crippen LogP contribution >= 0.6 is 11.3 Å². The Morgan fingerprint density at radius 3 is 2.69 bits per heavy atom. The van der Waals surface area contributed by atoms with Crippen LogP contribution in [-0.2, 0) is 6.54 Å². The van der Waals surface area contributed by atoms with E-state index in [1.54, 1.807) is 17.5 Å². The first-order valence-electron chi connectivity index (χ1n) is 5.10. The molecule has 16 heavy (non-hydrogen) atoms. The van der Waals surface area contributed by atoms with Gasteiger partial charge in [0.15, 0.2) is 0 Å². The molecular formula is C11H14N4S. The van der Waals surface area contributed by atoms with Gasteiger partial charge in [0.2, 0.25) is 0 Å². The van der Waals surface area contributed by atoms with Crippen LogP contribution in [-0.4, -0.2) is 15.0 Å².